The van der Waals surface area contributed by atoms with E-state index < -0.39 is 0 Å². The molecule has 18 heavy (non-hydrogen) atoms. The van der Waals surface area contributed by atoms with Gasteiger partial charge in [-0.05, 0) is 53.6 Å². The van der Waals surface area contributed by atoms with Crippen molar-refractivity contribution in [1.82, 2.24) is 0 Å². The van der Waals surface area contributed by atoms with Gasteiger partial charge in [-0.1, -0.05) is 31.4 Å². The number of hydrogen-bond acceptors (Lipinski definition) is 2. The summed E-state index contributed by atoms with van der Waals surface area (Å²) in [6.07, 6.45) is 7.48. The highest BCUT2D eigenvalue weighted by atomic mass is 14.5. The van der Waals surface area contributed by atoms with Crippen LogP contribution >= 0.6 is 0 Å². The van der Waals surface area contributed by atoms with Crippen molar-refractivity contribution in [3.8, 4) is 0 Å². The maximum atomic E-state index is 5.78. The normalized spacial score (nSPS) is 13.8. The number of allylic oxidation sites excluding steroid dienone is 2. The second-order valence-corrected chi connectivity index (χ2v) is 4.14. The van der Waals surface area contributed by atoms with Gasteiger partial charge in [0.25, 0.3) is 0 Å². The Kier molecular flexibility index (Phi) is 4.55. The lowest BCUT2D eigenvalue weighted by Crippen LogP contribution is -2.28. The predicted octanol–water partition coefficient (Wildman–Crippen LogP) is 1.53. The molecule has 0 aromatic heterocycles. The third-order valence-corrected chi connectivity index (χ3v) is 2.78. The molecule has 0 spiro atoms. The van der Waals surface area contributed by atoms with Gasteiger partial charge in [0.2, 0.25) is 0 Å². The molecule has 0 aliphatic carbocycles. The van der Waals surface area contributed by atoms with Gasteiger partial charge in [0.1, 0.15) is 0 Å². The molecule has 0 aliphatic heterocycles. The van der Waals surface area contributed by atoms with Crippen molar-refractivity contribution in [2.75, 3.05) is 0 Å². The lowest BCUT2D eigenvalue weighted by molar-refractivity contribution is 1.33. The molecule has 0 bridgehead atoms. The minimum Gasteiger partial charge on any atom is -0.399 e. The van der Waals surface area contributed by atoms with Gasteiger partial charge in [-0.15, -0.1) is 0 Å². The van der Waals surface area contributed by atoms with Gasteiger partial charge < -0.3 is 11.5 Å². The molecule has 1 aromatic carbocycles. The summed E-state index contributed by atoms with van der Waals surface area (Å²) in [7, 11) is 0. The minimum atomic E-state index is 0.548. The van der Waals surface area contributed by atoms with Crippen molar-refractivity contribution in [2.24, 2.45) is 11.5 Å². The van der Waals surface area contributed by atoms with Crippen LogP contribution in [-0.2, 0) is 0 Å². The van der Waals surface area contributed by atoms with Gasteiger partial charge in [-0.3, -0.25) is 0 Å². The summed E-state index contributed by atoms with van der Waals surface area (Å²) in [6, 6.07) is 4.04. The molecule has 0 atom stereocenters. The van der Waals surface area contributed by atoms with Crippen LogP contribution in [0.15, 0.2) is 42.8 Å². The van der Waals surface area contributed by atoms with Crippen molar-refractivity contribution >= 4 is 18.2 Å². The Bertz CT molecular complexity index is 619. The highest BCUT2D eigenvalue weighted by Crippen LogP contribution is 2.05. The quantitative estimate of drug-likeness (QED) is 0.787. The topological polar surface area (TPSA) is 52.0 Å². The fourth-order valence-corrected chi connectivity index (χ4v) is 1.87. The lowest BCUT2D eigenvalue weighted by Gasteiger charge is -2.04. The van der Waals surface area contributed by atoms with Gasteiger partial charge in [0.15, 0.2) is 0 Å². The number of nitrogens with two attached hydrogens (primary N) is 2. The molecule has 0 radical (unpaired) electrons. The smallest absolute Gasteiger partial charge is 0.0314 e. The van der Waals surface area contributed by atoms with Crippen LogP contribution in [0.25, 0.3) is 18.2 Å². The molecule has 1 aromatic rings. The molecule has 0 unspecified atom stereocenters. The molecule has 2 nitrogen and oxygen atoms in total. The Labute approximate surface area is 108 Å². The Morgan fingerprint density at radius 2 is 1.94 bits per heavy atom. The molecule has 0 amide bonds. The highest BCUT2D eigenvalue weighted by molar-refractivity contribution is 5.60. The molecule has 0 saturated heterocycles. The molecule has 1 rings (SSSR count). The zero-order valence-electron chi connectivity index (χ0n) is 11.0. The van der Waals surface area contributed by atoms with Gasteiger partial charge in [-0.25, -0.2) is 0 Å². The number of hydrogen-bond donors (Lipinski definition) is 2. The van der Waals surface area contributed by atoms with E-state index in [9.17, 15) is 0 Å². The number of benzene rings is 1. The third-order valence-electron chi connectivity index (χ3n) is 2.78. The Hall–Kier alpha value is -2.22. The van der Waals surface area contributed by atoms with Gasteiger partial charge in [-0.2, -0.15) is 0 Å². The van der Waals surface area contributed by atoms with Crippen LogP contribution in [0, 0.1) is 6.92 Å². The molecule has 4 N–H and O–H groups in total. The monoisotopic (exact) mass is 240 g/mol. The zero-order chi connectivity index (χ0) is 13.7. The first-order valence-corrected chi connectivity index (χ1v) is 5.81. The molecular weight excluding hydrogens is 220 g/mol. The summed E-state index contributed by atoms with van der Waals surface area (Å²) >= 11 is 0. The first-order valence-electron chi connectivity index (χ1n) is 5.81. The van der Waals surface area contributed by atoms with Crippen LogP contribution in [0.4, 0.5) is 0 Å². The van der Waals surface area contributed by atoms with E-state index in [0.29, 0.717) is 11.4 Å². The van der Waals surface area contributed by atoms with Crippen LogP contribution < -0.4 is 21.9 Å². The van der Waals surface area contributed by atoms with E-state index in [2.05, 4.69) is 26.2 Å². The van der Waals surface area contributed by atoms with E-state index in [1.165, 1.54) is 0 Å². The fourth-order valence-electron chi connectivity index (χ4n) is 1.87. The van der Waals surface area contributed by atoms with E-state index in [1.807, 2.05) is 31.2 Å². The molecule has 2 heteroatoms. The summed E-state index contributed by atoms with van der Waals surface area (Å²) in [5, 5.41) is 2.21. The SMILES string of the molecule is C=C/C(N)=C\c1ccc(=C/C(=C)N)/c(=C\C)c1C. The maximum Gasteiger partial charge on any atom is 0.0314 e. The Morgan fingerprint density at radius 1 is 1.28 bits per heavy atom. The zero-order valence-corrected chi connectivity index (χ0v) is 11.0. The highest BCUT2D eigenvalue weighted by Gasteiger charge is 1.98. The summed E-state index contributed by atoms with van der Waals surface area (Å²) in [5.41, 5.74) is 14.9. The first-order chi connectivity index (χ1) is 8.49. The van der Waals surface area contributed by atoms with Crippen molar-refractivity contribution < 1.29 is 0 Å². The molecule has 0 saturated carbocycles. The van der Waals surface area contributed by atoms with Crippen molar-refractivity contribution in [3.63, 3.8) is 0 Å². The van der Waals surface area contributed by atoms with E-state index in [0.717, 1.165) is 21.6 Å². The van der Waals surface area contributed by atoms with E-state index in [1.54, 1.807) is 6.08 Å². The maximum absolute atomic E-state index is 5.78. The molecule has 0 fully saturated rings. The lowest BCUT2D eigenvalue weighted by atomic mass is 10.0. The Morgan fingerprint density at radius 3 is 2.44 bits per heavy atom. The van der Waals surface area contributed by atoms with Crippen LogP contribution in [0.3, 0.4) is 0 Å². The number of rotatable bonds is 3. The van der Waals surface area contributed by atoms with E-state index >= 15 is 0 Å². The molecule has 94 valence electrons. The van der Waals surface area contributed by atoms with Crippen LogP contribution in [0.1, 0.15) is 18.1 Å². The average molecular weight is 240 g/mol. The van der Waals surface area contributed by atoms with Crippen LogP contribution in [-0.4, -0.2) is 0 Å². The standard InChI is InChI=1S/C16H20N2/c1-5-15(18)10-13-7-8-14(9-11(3)17)16(6-2)12(13)4/h5-10H,1,3,17-18H2,2,4H3/b14-9-,15-10+,16-6-. The third kappa shape index (κ3) is 3.14. The summed E-state index contributed by atoms with van der Waals surface area (Å²) in [6.45, 7) is 11.4. The van der Waals surface area contributed by atoms with Crippen molar-refractivity contribution in [3.05, 3.63) is 64.3 Å². The Balaban J connectivity index is 3.59. The molecular formula is C16H20N2. The van der Waals surface area contributed by atoms with E-state index in [4.69, 9.17) is 11.5 Å². The second kappa shape index (κ2) is 5.92. The van der Waals surface area contributed by atoms with Gasteiger partial charge in [0, 0.05) is 11.4 Å². The van der Waals surface area contributed by atoms with Gasteiger partial charge >= 0.3 is 0 Å². The summed E-state index contributed by atoms with van der Waals surface area (Å²) < 4.78 is 0. The molecule has 0 heterocycles. The largest absolute Gasteiger partial charge is 0.399 e. The van der Waals surface area contributed by atoms with Gasteiger partial charge in [0.05, 0.1) is 0 Å². The predicted molar refractivity (Wildman–Crippen MR) is 80.7 cm³/mol. The average Bonchev–Trinajstić information content (AvgIpc) is 2.32. The van der Waals surface area contributed by atoms with Crippen LogP contribution in [0.5, 0.6) is 0 Å². The molecule has 0 aliphatic rings. The fraction of sp³-hybridized carbons (Fsp3) is 0.125. The summed E-state index contributed by atoms with van der Waals surface area (Å²) in [4.78, 5) is 0. The van der Waals surface area contributed by atoms with Crippen molar-refractivity contribution in [2.45, 2.75) is 13.8 Å². The minimum absolute atomic E-state index is 0.548. The van der Waals surface area contributed by atoms with E-state index in [-0.39, 0.29) is 0 Å². The van der Waals surface area contributed by atoms with Crippen LogP contribution in [0.2, 0.25) is 0 Å². The summed E-state index contributed by atoms with van der Waals surface area (Å²) in [5.74, 6) is 0. The first kappa shape index (κ1) is 13.8. The second-order valence-electron chi connectivity index (χ2n) is 4.14. The van der Waals surface area contributed by atoms with Crippen molar-refractivity contribution in [1.29, 1.82) is 0 Å².